The smallest absolute Gasteiger partial charge is 0.407 e. The number of amides is 1. The molecule has 0 aliphatic carbocycles. The van der Waals surface area contributed by atoms with Crippen LogP contribution in [0.1, 0.15) is 38.8 Å². The minimum atomic E-state index is -3.79. The molecule has 1 aromatic carbocycles. The van der Waals surface area contributed by atoms with Crippen LogP contribution in [0, 0.1) is 23.7 Å². The number of carboxylic acid groups (broad SMARTS) is 1. The third kappa shape index (κ3) is 3.29. The molecule has 0 aromatic heterocycles. The Morgan fingerprint density at radius 3 is 2.38 bits per heavy atom. The van der Waals surface area contributed by atoms with Gasteiger partial charge in [0.05, 0.1) is 22.1 Å². The van der Waals surface area contributed by atoms with Crippen LogP contribution in [0.5, 0.6) is 0 Å². The molecule has 0 saturated carbocycles. The first kappa shape index (κ1) is 20.2. The SMILES string of the molecule is Cc1cc(C#N)ccc1S(=O)(=O)N1CCN(C(=O)O)[C@@](C)(C(C)(C)C)C1. The van der Waals surface area contributed by atoms with Crippen LogP contribution in [-0.2, 0) is 10.0 Å². The third-order valence-corrected chi connectivity index (χ3v) is 7.43. The Labute approximate surface area is 154 Å². The Kier molecular flexibility index (Phi) is 5.10. The lowest BCUT2D eigenvalue weighted by Gasteiger charge is -2.53. The highest BCUT2D eigenvalue weighted by molar-refractivity contribution is 7.89. The molecule has 0 unspecified atom stereocenters. The lowest BCUT2D eigenvalue weighted by atomic mass is 9.73. The average Bonchev–Trinajstić information content (AvgIpc) is 2.52. The van der Waals surface area contributed by atoms with Crippen LogP contribution in [-0.4, -0.2) is 54.0 Å². The molecule has 1 aliphatic rings. The van der Waals surface area contributed by atoms with Crippen LogP contribution in [0.3, 0.4) is 0 Å². The summed E-state index contributed by atoms with van der Waals surface area (Å²) < 4.78 is 27.7. The first-order chi connectivity index (χ1) is 11.8. The van der Waals surface area contributed by atoms with E-state index in [0.29, 0.717) is 11.1 Å². The zero-order chi connectivity index (χ0) is 19.9. The molecule has 0 bridgehead atoms. The number of aryl methyl sites for hydroxylation is 1. The Balaban J connectivity index is 2.46. The van der Waals surface area contributed by atoms with Crippen LogP contribution in [0.25, 0.3) is 0 Å². The minimum absolute atomic E-state index is 0.0740. The van der Waals surface area contributed by atoms with Gasteiger partial charge in [0.15, 0.2) is 0 Å². The van der Waals surface area contributed by atoms with E-state index in [0.717, 1.165) is 0 Å². The molecular weight excluding hydrogens is 354 g/mol. The van der Waals surface area contributed by atoms with Crippen molar-refractivity contribution in [3.05, 3.63) is 29.3 Å². The van der Waals surface area contributed by atoms with Gasteiger partial charge in [0.1, 0.15) is 0 Å². The van der Waals surface area contributed by atoms with E-state index < -0.39 is 27.1 Å². The second-order valence-corrected chi connectivity index (χ2v) is 9.80. The van der Waals surface area contributed by atoms with E-state index in [1.54, 1.807) is 19.9 Å². The second-order valence-electron chi connectivity index (χ2n) is 7.89. The van der Waals surface area contributed by atoms with Crippen molar-refractivity contribution in [1.82, 2.24) is 9.21 Å². The van der Waals surface area contributed by atoms with Gasteiger partial charge < -0.3 is 5.11 Å². The number of carbonyl (C=O) groups is 1. The van der Waals surface area contributed by atoms with Gasteiger partial charge in [-0.15, -0.1) is 0 Å². The van der Waals surface area contributed by atoms with E-state index in [9.17, 15) is 18.3 Å². The molecule has 7 nitrogen and oxygen atoms in total. The topological polar surface area (TPSA) is 102 Å². The highest BCUT2D eigenvalue weighted by Crippen LogP contribution is 2.39. The molecule has 1 aliphatic heterocycles. The molecule has 1 aromatic rings. The summed E-state index contributed by atoms with van der Waals surface area (Å²) in [5.74, 6) is 0. The Bertz CT molecular complexity index is 867. The Morgan fingerprint density at radius 1 is 1.31 bits per heavy atom. The summed E-state index contributed by atoms with van der Waals surface area (Å²) in [6.07, 6.45) is -1.05. The van der Waals surface area contributed by atoms with E-state index >= 15 is 0 Å². The van der Waals surface area contributed by atoms with Gasteiger partial charge in [-0.3, -0.25) is 4.90 Å². The number of nitrogens with zero attached hydrogens (tertiary/aromatic N) is 3. The molecule has 0 spiro atoms. The number of sulfonamides is 1. The summed E-state index contributed by atoms with van der Waals surface area (Å²) in [6.45, 7) is 9.45. The second kappa shape index (κ2) is 6.56. The summed E-state index contributed by atoms with van der Waals surface area (Å²) in [7, 11) is -3.79. The average molecular weight is 379 g/mol. The summed E-state index contributed by atoms with van der Waals surface area (Å²) in [6, 6.07) is 6.47. The highest BCUT2D eigenvalue weighted by Gasteiger charge is 2.50. The van der Waals surface area contributed by atoms with Gasteiger partial charge >= 0.3 is 6.09 Å². The molecule has 1 amide bonds. The molecule has 2 rings (SSSR count). The molecule has 1 saturated heterocycles. The quantitative estimate of drug-likeness (QED) is 0.851. The summed E-state index contributed by atoms with van der Waals surface area (Å²) >= 11 is 0. The van der Waals surface area contributed by atoms with Crippen LogP contribution >= 0.6 is 0 Å². The van der Waals surface area contributed by atoms with E-state index in [1.165, 1.54) is 21.3 Å². The van der Waals surface area contributed by atoms with Gasteiger partial charge in [-0.05, 0) is 43.0 Å². The summed E-state index contributed by atoms with van der Waals surface area (Å²) in [5, 5.41) is 18.5. The maximum absolute atomic E-state index is 13.2. The van der Waals surface area contributed by atoms with Crippen molar-refractivity contribution >= 4 is 16.1 Å². The fourth-order valence-corrected chi connectivity index (χ4v) is 4.99. The molecular formula is C18H25N3O4S. The lowest BCUT2D eigenvalue weighted by molar-refractivity contribution is -0.0229. The van der Waals surface area contributed by atoms with Crippen LogP contribution in [0.15, 0.2) is 23.1 Å². The standard InChI is InChI=1S/C18H25N3O4S/c1-13-10-14(11-19)6-7-15(13)26(24,25)20-8-9-21(16(22)23)18(5,12-20)17(2,3)4/h6-7,10H,8-9,12H2,1-5H3,(H,22,23)/t18-/m1/s1. The minimum Gasteiger partial charge on any atom is -0.465 e. The van der Waals surface area contributed by atoms with Gasteiger partial charge in [0.2, 0.25) is 10.0 Å². The molecule has 1 heterocycles. The first-order valence-electron chi connectivity index (χ1n) is 8.36. The van der Waals surface area contributed by atoms with Gasteiger partial charge in [-0.25, -0.2) is 13.2 Å². The molecule has 0 radical (unpaired) electrons. The number of nitriles is 1. The van der Waals surface area contributed by atoms with Crippen molar-refractivity contribution in [2.24, 2.45) is 5.41 Å². The zero-order valence-corrected chi connectivity index (χ0v) is 16.6. The molecule has 1 atom stereocenters. The zero-order valence-electron chi connectivity index (χ0n) is 15.8. The monoisotopic (exact) mass is 379 g/mol. The summed E-state index contributed by atoms with van der Waals surface area (Å²) in [5.41, 5.74) is -0.428. The van der Waals surface area contributed by atoms with Crippen molar-refractivity contribution in [3.8, 4) is 6.07 Å². The Morgan fingerprint density at radius 2 is 1.92 bits per heavy atom. The molecule has 142 valence electrons. The van der Waals surface area contributed by atoms with Crippen molar-refractivity contribution in [2.75, 3.05) is 19.6 Å². The number of hydrogen-bond acceptors (Lipinski definition) is 4. The third-order valence-electron chi connectivity index (χ3n) is 5.42. The van der Waals surface area contributed by atoms with Gasteiger partial charge in [0, 0.05) is 19.6 Å². The van der Waals surface area contributed by atoms with Gasteiger partial charge in [-0.1, -0.05) is 20.8 Å². The maximum Gasteiger partial charge on any atom is 0.407 e. The van der Waals surface area contributed by atoms with Gasteiger partial charge in [0.25, 0.3) is 0 Å². The summed E-state index contributed by atoms with van der Waals surface area (Å²) in [4.78, 5) is 13.2. The van der Waals surface area contributed by atoms with Crippen LogP contribution in [0.4, 0.5) is 4.79 Å². The van der Waals surface area contributed by atoms with Crippen LogP contribution < -0.4 is 0 Å². The fraction of sp³-hybridized carbons (Fsp3) is 0.556. The largest absolute Gasteiger partial charge is 0.465 e. The first-order valence-corrected chi connectivity index (χ1v) is 9.80. The molecule has 26 heavy (non-hydrogen) atoms. The van der Waals surface area contributed by atoms with Gasteiger partial charge in [-0.2, -0.15) is 9.57 Å². The molecule has 8 heteroatoms. The molecule has 1 N–H and O–H groups in total. The van der Waals surface area contributed by atoms with Crippen molar-refractivity contribution in [3.63, 3.8) is 0 Å². The van der Waals surface area contributed by atoms with E-state index in [1.807, 2.05) is 26.8 Å². The number of rotatable bonds is 2. The number of hydrogen-bond donors (Lipinski definition) is 1. The van der Waals surface area contributed by atoms with Crippen LogP contribution in [0.2, 0.25) is 0 Å². The Hall–Kier alpha value is -2.11. The lowest BCUT2D eigenvalue weighted by Crippen LogP contribution is -2.68. The highest BCUT2D eigenvalue weighted by atomic mass is 32.2. The van der Waals surface area contributed by atoms with E-state index in [4.69, 9.17) is 5.26 Å². The number of benzene rings is 1. The predicted molar refractivity (Wildman–Crippen MR) is 97.2 cm³/mol. The normalized spacial score (nSPS) is 22.1. The van der Waals surface area contributed by atoms with Crippen molar-refractivity contribution in [2.45, 2.75) is 45.1 Å². The number of piperazine rings is 1. The van der Waals surface area contributed by atoms with E-state index in [-0.39, 0.29) is 24.5 Å². The molecule has 1 fully saturated rings. The maximum atomic E-state index is 13.2. The van der Waals surface area contributed by atoms with Crippen molar-refractivity contribution in [1.29, 1.82) is 5.26 Å². The van der Waals surface area contributed by atoms with Crippen molar-refractivity contribution < 1.29 is 18.3 Å². The van der Waals surface area contributed by atoms with E-state index in [2.05, 4.69) is 0 Å². The fourth-order valence-electron chi connectivity index (χ4n) is 3.27. The predicted octanol–water partition coefficient (Wildman–Crippen LogP) is 2.66.